The summed E-state index contributed by atoms with van der Waals surface area (Å²) in [7, 11) is 0. The first-order valence-corrected chi connectivity index (χ1v) is 13.5. The van der Waals surface area contributed by atoms with Crippen LogP contribution >= 0.6 is 50.9 Å². The number of thioether (sulfide) groups is 1. The molecule has 1 aliphatic heterocycles. The third kappa shape index (κ3) is 6.27. The maximum atomic E-state index is 13.0. The average Bonchev–Trinajstić information content (AvgIpc) is 3.08. The molecule has 0 saturated carbocycles. The van der Waals surface area contributed by atoms with E-state index < -0.39 is 0 Å². The highest BCUT2D eigenvalue weighted by molar-refractivity contribution is 9.10. The number of halogens is 3. The lowest BCUT2D eigenvalue weighted by molar-refractivity contribution is -0.123. The molecule has 3 aromatic rings. The van der Waals surface area contributed by atoms with Gasteiger partial charge in [-0.2, -0.15) is 0 Å². The fourth-order valence-corrected chi connectivity index (χ4v) is 5.40. The van der Waals surface area contributed by atoms with Crippen LogP contribution in [0.3, 0.4) is 0 Å². The normalized spacial score (nSPS) is 14.6. The average molecular weight is 607 g/mol. The Morgan fingerprint density at radius 2 is 1.78 bits per heavy atom. The van der Waals surface area contributed by atoms with Crippen LogP contribution in [0.15, 0.2) is 64.0 Å². The lowest BCUT2D eigenvalue weighted by Gasteiger charge is -2.15. The van der Waals surface area contributed by atoms with Crippen molar-refractivity contribution in [2.24, 2.45) is 0 Å². The van der Waals surface area contributed by atoms with Gasteiger partial charge in [0, 0.05) is 15.6 Å². The summed E-state index contributed by atoms with van der Waals surface area (Å²) < 4.78 is 12.5. The Hall–Kier alpha value is -2.45. The van der Waals surface area contributed by atoms with Crippen LogP contribution in [0.4, 0.5) is 4.79 Å². The summed E-state index contributed by atoms with van der Waals surface area (Å²) >= 11 is 16.7. The van der Waals surface area contributed by atoms with Crippen molar-refractivity contribution in [2.75, 3.05) is 6.61 Å². The van der Waals surface area contributed by atoms with Gasteiger partial charge in [-0.1, -0.05) is 59.1 Å². The van der Waals surface area contributed by atoms with E-state index in [0.29, 0.717) is 43.1 Å². The maximum absolute atomic E-state index is 13.0. The molecule has 0 bridgehead atoms. The molecule has 0 N–H and O–H groups in total. The minimum atomic E-state index is -0.322. The van der Waals surface area contributed by atoms with Crippen LogP contribution in [0, 0.1) is 6.92 Å². The Kier molecular flexibility index (Phi) is 8.67. The van der Waals surface area contributed by atoms with Gasteiger partial charge in [0.15, 0.2) is 11.5 Å². The van der Waals surface area contributed by atoms with E-state index in [9.17, 15) is 9.59 Å². The Morgan fingerprint density at radius 3 is 2.47 bits per heavy atom. The summed E-state index contributed by atoms with van der Waals surface area (Å²) in [5.41, 5.74) is 3.49. The predicted octanol–water partition coefficient (Wildman–Crippen LogP) is 8.28. The molecular weight excluding hydrogens is 585 g/mol. The van der Waals surface area contributed by atoms with Gasteiger partial charge in [0.2, 0.25) is 0 Å². The zero-order valence-corrected chi connectivity index (χ0v) is 23.4. The summed E-state index contributed by atoms with van der Waals surface area (Å²) in [4.78, 5) is 27.2. The highest BCUT2D eigenvalue weighted by atomic mass is 79.9. The van der Waals surface area contributed by atoms with Crippen molar-refractivity contribution in [1.29, 1.82) is 0 Å². The molecule has 0 radical (unpaired) electrons. The lowest BCUT2D eigenvalue weighted by atomic mass is 10.1. The van der Waals surface area contributed by atoms with Crippen LogP contribution in [0.5, 0.6) is 11.5 Å². The molecular formula is C27H22BrCl2NO4S. The number of benzene rings is 3. The second-order valence-electron chi connectivity index (χ2n) is 8.04. The van der Waals surface area contributed by atoms with Gasteiger partial charge in [-0.25, -0.2) is 0 Å². The van der Waals surface area contributed by atoms with E-state index in [-0.39, 0.29) is 24.3 Å². The molecule has 5 nitrogen and oxygen atoms in total. The maximum Gasteiger partial charge on any atom is 0.293 e. The molecule has 0 aliphatic carbocycles. The quantitative estimate of drug-likeness (QED) is 0.241. The zero-order chi connectivity index (χ0) is 25.8. The van der Waals surface area contributed by atoms with E-state index in [2.05, 4.69) is 15.9 Å². The molecule has 1 aliphatic rings. The molecule has 9 heteroatoms. The number of aryl methyl sites for hydroxylation is 1. The minimum absolute atomic E-state index is 0.214. The third-order valence-corrected chi connectivity index (χ3v) is 7.43. The summed E-state index contributed by atoms with van der Waals surface area (Å²) in [6.07, 6.45) is 1.69. The Morgan fingerprint density at radius 1 is 1.03 bits per heavy atom. The smallest absolute Gasteiger partial charge is 0.293 e. The monoisotopic (exact) mass is 605 g/mol. The van der Waals surface area contributed by atoms with Crippen molar-refractivity contribution in [3.05, 3.63) is 96.3 Å². The summed E-state index contributed by atoms with van der Waals surface area (Å²) in [5.74, 6) is 0.687. The standard InChI is InChI=1S/C27H22BrCl2NO4S/c1-3-34-23-11-18(10-21(28)25(23)35-15-19-8-9-20(29)13-22(19)30)12-24-26(32)31(27(33)36-24)14-17-6-4-16(2)5-7-17/h4-13H,3,14-15H2,1-2H3/b24-12-. The summed E-state index contributed by atoms with van der Waals surface area (Å²) in [5, 5.41) is 0.762. The fourth-order valence-electron chi connectivity index (χ4n) is 3.53. The minimum Gasteiger partial charge on any atom is -0.490 e. The SMILES string of the molecule is CCOc1cc(/C=C2\SC(=O)N(Cc3ccc(C)cc3)C2=O)cc(Br)c1OCc1ccc(Cl)cc1Cl. The molecule has 36 heavy (non-hydrogen) atoms. The Bertz CT molecular complexity index is 1340. The van der Waals surface area contributed by atoms with Crippen LogP contribution in [0.25, 0.3) is 6.08 Å². The van der Waals surface area contributed by atoms with E-state index in [4.69, 9.17) is 32.7 Å². The molecule has 3 aromatic carbocycles. The van der Waals surface area contributed by atoms with Crippen molar-refractivity contribution in [2.45, 2.75) is 27.0 Å². The highest BCUT2D eigenvalue weighted by Crippen LogP contribution is 2.40. The van der Waals surface area contributed by atoms with Crippen molar-refractivity contribution >= 4 is 68.1 Å². The number of carbonyl (C=O) groups is 2. The molecule has 0 spiro atoms. The van der Waals surface area contributed by atoms with E-state index in [1.165, 1.54) is 4.90 Å². The number of hydrogen-bond acceptors (Lipinski definition) is 5. The van der Waals surface area contributed by atoms with Crippen molar-refractivity contribution in [3.8, 4) is 11.5 Å². The predicted molar refractivity (Wildman–Crippen MR) is 149 cm³/mol. The first-order chi connectivity index (χ1) is 17.2. The summed E-state index contributed by atoms with van der Waals surface area (Å²) in [6.45, 7) is 4.73. The number of rotatable bonds is 8. The van der Waals surface area contributed by atoms with E-state index in [0.717, 1.165) is 28.5 Å². The second kappa shape index (κ2) is 11.7. The van der Waals surface area contributed by atoms with E-state index in [1.807, 2.05) is 44.2 Å². The van der Waals surface area contributed by atoms with Gasteiger partial charge in [-0.15, -0.1) is 0 Å². The Labute approximate surface area is 232 Å². The second-order valence-corrected chi connectivity index (χ2v) is 10.7. The Balaban J connectivity index is 1.55. The molecule has 186 valence electrons. The molecule has 1 saturated heterocycles. The van der Waals surface area contributed by atoms with E-state index in [1.54, 1.807) is 30.3 Å². The van der Waals surface area contributed by atoms with Crippen LogP contribution in [-0.4, -0.2) is 22.7 Å². The van der Waals surface area contributed by atoms with Crippen molar-refractivity contribution in [1.82, 2.24) is 4.90 Å². The van der Waals surface area contributed by atoms with Gasteiger partial charge in [0.1, 0.15) is 6.61 Å². The van der Waals surface area contributed by atoms with Gasteiger partial charge in [-0.05, 0) is 83.0 Å². The number of hydrogen-bond donors (Lipinski definition) is 0. The van der Waals surface area contributed by atoms with Gasteiger partial charge >= 0.3 is 0 Å². The molecule has 1 heterocycles. The largest absolute Gasteiger partial charge is 0.490 e. The lowest BCUT2D eigenvalue weighted by Crippen LogP contribution is -2.27. The van der Waals surface area contributed by atoms with Crippen LogP contribution in [0.2, 0.25) is 10.0 Å². The first kappa shape index (κ1) is 26.6. The molecule has 4 rings (SSSR count). The van der Waals surface area contributed by atoms with Gasteiger partial charge in [0.25, 0.3) is 11.1 Å². The van der Waals surface area contributed by atoms with Gasteiger partial charge < -0.3 is 9.47 Å². The molecule has 1 fully saturated rings. The zero-order valence-electron chi connectivity index (χ0n) is 19.5. The number of nitrogens with zero attached hydrogens (tertiary/aromatic N) is 1. The number of ether oxygens (including phenoxy) is 2. The molecule has 0 unspecified atom stereocenters. The first-order valence-electron chi connectivity index (χ1n) is 11.1. The topological polar surface area (TPSA) is 55.8 Å². The van der Waals surface area contributed by atoms with Crippen LogP contribution in [0.1, 0.15) is 29.2 Å². The van der Waals surface area contributed by atoms with Crippen LogP contribution in [-0.2, 0) is 17.9 Å². The number of carbonyl (C=O) groups excluding carboxylic acids is 2. The van der Waals surface area contributed by atoms with Gasteiger partial charge in [0.05, 0.1) is 22.5 Å². The molecule has 0 atom stereocenters. The van der Waals surface area contributed by atoms with Crippen molar-refractivity contribution in [3.63, 3.8) is 0 Å². The molecule has 2 amide bonds. The van der Waals surface area contributed by atoms with E-state index >= 15 is 0 Å². The van der Waals surface area contributed by atoms with Crippen LogP contribution < -0.4 is 9.47 Å². The third-order valence-electron chi connectivity index (χ3n) is 5.35. The number of imide groups is 1. The molecule has 0 aromatic heterocycles. The summed E-state index contributed by atoms with van der Waals surface area (Å²) in [6, 6.07) is 16.6. The fraction of sp³-hybridized carbons (Fsp3) is 0.185. The van der Waals surface area contributed by atoms with Gasteiger partial charge in [-0.3, -0.25) is 14.5 Å². The highest BCUT2D eigenvalue weighted by Gasteiger charge is 2.35. The van der Waals surface area contributed by atoms with Crippen molar-refractivity contribution < 1.29 is 19.1 Å². The number of amides is 2.